The van der Waals surface area contributed by atoms with Crippen molar-refractivity contribution in [3.63, 3.8) is 0 Å². The molecule has 2 aromatic carbocycles. The zero-order valence-corrected chi connectivity index (χ0v) is 28.4. The number of likely N-dealkylation sites (N-methyl/N-ethyl adjacent to an activating group) is 2. The molecule has 0 fully saturated rings. The maximum absolute atomic E-state index is 11.9. The first-order valence-electron chi connectivity index (χ1n) is 14.3. The predicted octanol–water partition coefficient (Wildman–Crippen LogP) is 4.44. The summed E-state index contributed by atoms with van der Waals surface area (Å²) in [5.74, 6) is 0.845. The number of carbonyl (C=O) groups is 2. The molecule has 2 N–H and O–H groups in total. The van der Waals surface area contributed by atoms with Crippen LogP contribution in [0.15, 0.2) is 36.4 Å². The summed E-state index contributed by atoms with van der Waals surface area (Å²) in [6.45, 7) is 26.7. The first-order chi connectivity index (χ1) is 18.6. The number of hydrogen-bond acceptors (Lipinski definition) is 4. The van der Waals surface area contributed by atoms with Gasteiger partial charge in [0.1, 0.15) is 0 Å². The Hall–Kier alpha value is -2.12. The van der Waals surface area contributed by atoms with E-state index in [1.54, 1.807) is 0 Å². The zero-order valence-electron chi connectivity index (χ0n) is 26.9. The van der Waals surface area contributed by atoms with Crippen LogP contribution in [-0.2, 0) is 9.59 Å². The predicted molar refractivity (Wildman–Crippen MR) is 172 cm³/mol. The molecule has 0 radical (unpaired) electrons. The van der Waals surface area contributed by atoms with Crippen LogP contribution >= 0.6 is 11.6 Å². The summed E-state index contributed by atoms with van der Waals surface area (Å²) >= 11 is 5.00. The molecule has 0 spiro atoms. The monoisotopic (exact) mass is 597 g/mol. The highest BCUT2D eigenvalue weighted by Gasteiger charge is 2.11. The molecular formula is C32H55Cl2N4O2-. The Kier molecular flexibility index (Phi) is 27.3. The topological polar surface area (TPSA) is 64.7 Å². The Morgan fingerprint density at radius 1 is 0.625 bits per heavy atom. The third-order valence-corrected chi connectivity index (χ3v) is 6.01. The van der Waals surface area contributed by atoms with E-state index in [0.29, 0.717) is 13.1 Å². The molecule has 0 unspecified atom stereocenters. The van der Waals surface area contributed by atoms with Crippen LogP contribution in [0.1, 0.15) is 70.7 Å². The fourth-order valence-electron chi connectivity index (χ4n) is 3.68. The fraction of sp³-hybridized carbons (Fsp3) is 0.562. The quantitative estimate of drug-likeness (QED) is 0.397. The van der Waals surface area contributed by atoms with Gasteiger partial charge in [0.05, 0.1) is 13.1 Å². The Morgan fingerprint density at radius 3 is 1.05 bits per heavy atom. The molecule has 6 nitrogen and oxygen atoms in total. The molecule has 0 aliphatic heterocycles. The highest BCUT2D eigenvalue weighted by molar-refractivity contribution is 6.17. The minimum Gasteiger partial charge on any atom is -1.00 e. The maximum atomic E-state index is 11.9. The van der Waals surface area contributed by atoms with Gasteiger partial charge in [0, 0.05) is 17.3 Å². The van der Waals surface area contributed by atoms with E-state index in [4.69, 9.17) is 11.6 Å². The third kappa shape index (κ3) is 17.5. The van der Waals surface area contributed by atoms with Gasteiger partial charge in [-0.1, -0.05) is 84.9 Å². The Morgan fingerprint density at radius 2 is 0.850 bits per heavy atom. The number of benzene rings is 2. The van der Waals surface area contributed by atoms with Crippen molar-refractivity contribution < 1.29 is 22.0 Å². The van der Waals surface area contributed by atoms with Gasteiger partial charge in [0.2, 0.25) is 11.8 Å². The van der Waals surface area contributed by atoms with Crippen LogP contribution in [0.5, 0.6) is 0 Å². The van der Waals surface area contributed by atoms with Gasteiger partial charge in [-0.05, 0) is 76.1 Å². The number of aryl methyl sites for hydroxylation is 4. The van der Waals surface area contributed by atoms with Gasteiger partial charge in [0.15, 0.2) is 0 Å². The minimum atomic E-state index is 0. The van der Waals surface area contributed by atoms with E-state index in [1.165, 1.54) is 0 Å². The molecule has 2 rings (SSSR count). The summed E-state index contributed by atoms with van der Waals surface area (Å²) in [6, 6.07) is 12.1. The second-order valence-corrected chi connectivity index (χ2v) is 9.35. The van der Waals surface area contributed by atoms with Crippen molar-refractivity contribution in [3.8, 4) is 0 Å². The van der Waals surface area contributed by atoms with Crippen molar-refractivity contribution in [3.05, 3.63) is 58.7 Å². The SMILES string of the molecule is CC.CCCl.CCN(CC)CC(=O)Nc1c(C)cccc1C.CCN(CC)CC(=O)Nc1c(C)cccc1C.[Cl-]. The largest absolute Gasteiger partial charge is 1.00 e. The zero-order chi connectivity index (χ0) is 30.4. The van der Waals surface area contributed by atoms with Crippen LogP contribution < -0.4 is 23.0 Å². The molecule has 0 aliphatic rings. The first-order valence-corrected chi connectivity index (χ1v) is 14.8. The molecule has 0 aliphatic carbocycles. The van der Waals surface area contributed by atoms with Gasteiger partial charge in [-0.2, -0.15) is 0 Å². The van der Waals surface area contributed by atoms with E-state index in [2.05, 4.69) is 48.1 Å². The second-order valence-electron chi connectivity index (χ2n) is 8.82. The van der Waals surface area contributed by atoms with E-state index in [-0.39, 0.29) is 24.2 Å². The van der Waals surface area contributed by atoms with Crippen LogP contribution in [0.3, 0.4) is 0 Å². The molecule has 2 amide bonds. The first kappa shape index (κ1) is 42.3. The standard InChI is InChI=1S/2C14H22N2O.C2H5Cl.C2H6.ClH/c2*1-5-16(6-2)10-13(17)15-14-11(3)8-7-9-12(14)4;1-2-3;1-2;/h2*7-9H,5-6,10H2,1-4H3,(H,15,17);2H2,1H3;1-2H3;1H/p-1. The minimum absolute atomic E-state index is 0. The van der Waals surface area contributed by atoms with Crippen LogP contribution in [0.25, 0.3) is 0 Å². The van der Waals surface area contributed by atoms with Crippen LogP contribution in [0, 0.1) is 27.7 Å². The van der Waals surface area contributed by atoms with E-state index < -0.39 is 0 Å². The number of halogens is 2. The molecule has 0 heterocycles. The summed E-state index contributed by atoms with van der Waals surface area (Å²) in [6.07, 6.45) is 0. The van der Waals surface area contributed by atoms with Crippen molar-refractivity contribution in [1.82, 2.24) is 9.80 Å². The van der Waals surface area contributed by atoms with Gasteiger partial charge in [-0.25, -0.2) is 0 Å². The number of nitrogens with zero attached hydrogens (tertiary/aromatic N) is 2. The summed E-state index contributed by atoms with van der Waals surface area (Å²) in [4.78, 5) is 28.0. The lowest BCUT2D eigenvalue weighted by Gasteiger charge is -2.18. The van der Waals surface area contributed by atoms with E-state index in [0.717, 1.165) is 65.7 Å². The lowest BCUT2D eigenvalue weighted by Crippen LogP contribution is -3.00. The van der Waals surface area contributed by atoms with Crippen LogP contribution in [0.2, 0.25) is 0 Å². The summed E-state index contributed by atoms with van der Waals surface area (Å²) < 4.78 is 0. The summed E-state index contributed by atoms with van der Waals surface area (Å²) in [7, 11) is 0. The second kappa shape index (κ2) is 25.8. The van der Waals surface area contributed by atoms with Gasteiger partial charge in [0.25, 0.3) is 0 Å². The Labute approximate surface area is 256 Å². The number of amides is 2. The molecule has 8 heteroatoms. The van der Waals surface area contributed by atoms with Gasteiger partial charge in [-0.3, -0.25) is 19.4 Å². The van der Waals surface area contributed by atoms with Gasteiger partial charge >= 0.3 is 0 Å². The molecule has 0 bridgehead atoms. The molecular weight excluding hydrogens is 543 g/mol. The highest BCUT2D eigenvalue weighted by Crippen LogP contribution is 2.20. The lowest BCUT2D eigenvalue weighted by atomic mass is 10.1. The van der Waals surface area contributed by atoms with E-state index in [9.17, 15) is 9.59 Å². The number of alkyl halides is 1. The van der Waals surface area contributed by atoms with Gasteiger partial charge in [-0.15, -0.1) is 11.6 Å². The number of rotatable bonds is 10. The fourth-order valence-corrected chi connectivity index (χ4v) is 3.68. The van der Waals surface area contributed by atoms with Crippen molar-refractivity contribution in [2.45, 2.75) is 76.2 Å². The average Bonchev–Trinajstić information content (AvgIpc) is 2.92. The normalized spacial score (nSPS) is 9.65. The lowest BCUT2D eigenvalue weighted by molar-refractivity contribution is -0.118. The van der Waals surface area contributed by atoms with Crippen LogP contribution in [-0.4, -0.2) is 66.8 Å². The summed E-state index contributed by atoms with van der Waals surface area (Å²) in [5, 5.41) is 5.99. The number of nitrogens with one attached hydrogen (secondary N) is 2. The molecule has 230 valence electrons. The summed E-state index contributed by atoms with van der Waals surface area (Å²) in [5.41, 5.74) is 6.33. The molecule has 40 heavy (non-hydrogen) atoms. The van der Waals surface area contributed by atoms with Gasteiger partial charge < -0.3 is 23.0 Å². The molecule has 0 saturated heterocycles. The van der Waals surface area contributed by atoms with Crippen molar-refractivity contribution in [2.24, 2.45) is 0 Å². The van der Waals surface area contributed by atoms with Crippen molar-refractivity contribution >= 4 is 34.8 Å². The van der Waals surface area contributed by atoms with E-state index >= 15 is 0 Å². The van der Waals surface area contributed by atoms with Crippen LogP contribution in [0.4, 0.5) is 11.4 Å². The molecule has 2 aromatic rings. The van der Waals surface area contributed by atoms with Crippen molar-refractivity contribution in [1.29, 1.82) is 0 Å². The number of para-hydroxylation sites is 2. The number of carbonyl (C=O) groups excluding carboxylic acids is 2. The average molecular weight is 599 g/mol. The van der Waals surface area contributed by atoms with Crippen molar-refractivity contribution in [2.75, 3.05) is 55.8 Å². The molecule has 0 aromatic heterocycles. The Bertz CT molecular complexity index is 831. The Balaban J connectivity index is -0.000000577. The maximum Gasteiger partial charge on any atom is 0.238 e. The third-order valence-electron chi connectivity index (χ3n) is 6.01. The number of anilines is 2. The molecule has 0 saturated carbocycles. The number of hydrogen-bond donors (Lipinski definition) is 2. The molecule has 0 atom stereocenters. The smallest absolute Gasteiger partial charge is 0.238 e. The highest BCUT2D eigenvalue weighted by atomic mass is 35.5. The van der Waals surface area contributed by atoms with E-state index in [1.807, 2.05) is 84.9 Å².